The molecule has 1 aromatic rings. The summed E-state index contributed by atoms with van der Waals surface area (Å²) < 4.78 is 0. The van der Waals surface area contributed by atoms with Crippen molar-refractivity contribution in [2.45, 2.75) is 45.1 Å². The molecule has 3 heteroatoms. The van der Waals surface area contributed by atoms with Gasteiger partial charge >= 0.3 is 0 Å². The highest BCUT2D eigenvalue weighted by Crippen LogP contribution is 2.24. The molecule has 98 valence electrons. The number of rotatable bonds is 2. The van der Waals surface area contributed by atoms with Crippen LogP contribution in [0.2, 0.25) is 0 Å². The first-order valence-corrected chi connectivity index (χ1v) is 6.73. The van der Waals surface area contributed by atoms with Gasteiger partial charge in [-0.2, -0.15) is 0 Å². The average Bonchev–Trinajstić information content (AvgIpc) is 2.38. The fourth-order valence-electron chi connectivity index (χ4n) is 2.70. The molecule has 0 aliphatic heterocycles. The number of anilines is 1. The molecule has 1 amide bonds. The van der Waals surface area contributed by atoms with Gasteiger partial charge in [-0.1, -0.05) is 25.3 Å². The summed E-state index contributed by atoms with van der Waals surface area (Å²) in [5, 5.41) is 0. The second kappa shape index (κ2) is 5.42. The molecular weight excluding hydrogens is 224 g/mol. The number of hydrogen-bond donors (Lipinski definition) is 1. The summed E-state index contributed by atoms with van der Waals surface area (Å²) in [6.07, 6.45) is 5.99. The lowest BCUT2D eigenvalue weighted by Crippen LogP contribution is -2.38. The molecular formula is C15H22N2O. The van der Waals surface area contributed by atoms with Crippen molar-refractivity contribution in [3.63, 3.8) is 0 Å². The van der Waals surface area contributed by atoms with Gasteiger partial charge in [-0.15, -0.1) is 0 Å². The molecule has 2 rings (SSSR count). The van der Waals surface area contributed by atoms with Crippen LogP contribution in [0.1, 0.15) is 48.0 Å². The minimum absolute atomic E-state index is 0.0550. The largest absolute Gasteiger partial charge is 0.398 e. The molecule has 2 N–H and O–H groups in total. The van der Waals surface area contributed by atoms with Gasteiger partial charge in [0.05, 0.1) is 5.56 Å². The molecule has 0 unspecified atom stereocenters. The Morgan fingerprint density at radius 2 is 1.94 bits per heavy atom. The van der Waals surface area contributed by atoms with Crippen molar-refractivity contribution in [3.05, 3.63) is 29.3 Å². The SMILES string of the molecule is Cc1ccc(C(=O)N(C)C2CCCCC2)c(N)c1. The van der Waals surface area contributed by atoms with Crippen LogP contribution in [0.15, 0.2) is 18.2 Å². The average molecular weight is 246 g/mol. The molecule has 18 heavy (non-hydrogen) atoms. The van der Waals surface area contributed by atoms with E-state index in [0.29, 0.717) is 17.3 Å². The van der Waals surface area contributed by atoms with Gasteiger partial charge < -0.3 is 10.6 Å². The number of amides is 1. The van der Waals surface area contributed by atoms with E-state index >= 15 is 0 Å². The fourth-order valence-corrected chi connectivity index (χ4v) is 2.70. The molecule has 0 saturated heterocycles. The third kappa shape index (κ3) is 2.66. The van der Waals surface area contributed by atoms with Crippen molar-refractivity contribution in [2.75, 3.05) is 12.8 Å². The van der Waals surface area contributed by atoms with Crippen LogP contribution in [-0.4, -0.2) is 23.9 Å². The third-order valence-corrected chi connectivity index (χ3v) is 3.88. The van der Waals surface area contributed by atoms with Gasteiger partial charge in [0, 0.05) is 18.8 Å². The normalized spacial score (nSPS) is 16.6. The van der Waals surface area contributed by atoms with Crippen molar-refractivity contribution in [1.82, 2.24) is 4.90 Å². The number of nitrogen functional groups attached to an aromatic ring is 1. The van der Waals surface area contributed by atoms with E-state index in [-0.39, 0.29) is 5.91 Å². The van der Waals surface area contributed by atoms with E-state index in [4.69, 9.17) is 5.73 Å². The zero-order valence-corrected chi connectivity index (χ0v) is 11.3. The molecule has 1 aliphatic carbocycles. The first kappa shape index (κ1) is 12.9. The maximum atomic E-state index is 12.4. The zero-order chi connectivity index (χ0) is 13.1. The molecule has 0 spiro atoms. The van der Waals surface area contributed by atoms with Gasteiger partial charge in [0.2, 0.25) is 0 Å². The van der Waals surface area contributed by atoms with E-state index in [0.717, 1.165) is 18.4 Å². The lowest BCUT2D eigenvalue weighted by Gasteiger charge is -2.31. The second-order valence-electron chi connectivity index (χ2n) is 5.30. The number of carbonyl (C=O) groups excluding carboxylic acids is 1. The Morgan fingerprint density at radius 3 is 2.56 bits per heavy atom. The Hall–Kier alpha value is -1.51. The predicted octanol–water partition coefficient (Wildman–Crippen LogP) is 2.98. The van der Waals surface area contributed by atoms with E-state index in [1.807, 2.05) is 37.1 Å². The number of nitrogens with two attached hydrogens (primary N) is 1. The third-order valence-electron chi connectivity index (χ3n) is 3.88. The maximum Gasteiger partial charge on any atom is 0.255 e. The van der Waals surface area contributed by atoms with Crippen molar-refractivity contribution >= 4 is 11.6 Å². The molecule has 1 aromatic carbocycles. The van der Waals surface area contributed by atoms with Crippen LogP contribution in [-0.2, 0) is 0 Å². The van der Waals surface area contributed by atoms with Gasteiger partial charge in [-0.25, -0.2) is 0 Å². The minimum Gasteiger partial charge on any atom is -0.398 e. The molecule has 0 atom stereocenters. The molecule has 1 saturated carbocycles. The summed E-state index contributed by atoms with van der Waals surface area (Å²) in [6.45, 7) is 1.98. The summed E-state index contributed by atoms with van der Waals surface area (Å²) in [4.78, 5) is 14.3. The zero-order valence-electron chi connectivity index (χ0n) is 11.3. The van der Waals surface area contributed by atoms with Crippen molar-refractivity contribution in [2.24, 2.45) is 0 Å². The number of benzene rings is 1. The molecule has 0 bridgehead atoms. The number of nitrogens with zero attached hydrogens (tertiary/aromatic N) is 1. The van der Waals surface area contributed by atoms with Gasteiger partial charge in [0.15, 0.2) is 0 Å². The quantitative estimate of drug-likeness (QED) is 0.815. The molecule has 0 radical (unpaired) electrons. The van der Waals surface area contributed by atoms with Crippen LogP contribution in [0, 0.1) is 6.92 Å². The molecule has 1 aliphatic rings. The Balaban J connectivity index is 2.14. The first-order chi connectivity index (χ1) is 8.59. The van der Waals surface area contributed by atoms with E-state index in [1.54, 1.807) is 0 Å². The highest BCUT2D eigenvalue weighted by molar-refractivity contribution is 5.99. The Labute approximate surface area is 109 Å². The monoisotopic (exact) mass is 246 g/mol. The van der Waals surface area contributed by atoms with E-state index in [9.17, 15) is 4.79 Å². The van der Waals surface area contributed by atoms with E-state index < -0.39 is 0 Å². The van der Waals surface area contributed by atoms with E-state index in [1.165, 1.54) is 19.3 Å². The van der Waals surface area contributed by atoms with Crippen LogP contribution in [0.25, 0.3) is 0 Å². The highest BCUT2D eigenvalue weighted by atomic mass is 16.2. The smallest absolute Gasteiger partial charge is 0.255 e. The Kier molecular flexibility index (Phi) is 3.90. The summed E-state index contributed by atoms with van der Waals surface area (Å²) in [7, 11) is 1.90. The highest BCUT2D eigenvalue weighted by Gasteiger charge is 2.23. The van der Waals surface area contributed by atoms with Crippen molar-refractivity contribution in [1.29, 1.82) is 0 Å². The van der Waals surface area contributed by atoms with Crippen LogP contribution >= 0.6 is 0 Å². The van der Waals surface area contributed by atoms with Crippen LogP contribution in [0.3, 0.4) is 0 Å². The lowest BCUT2D eigenvalue weighted by molar-refractivity contribution is 0.0697. The molecule has 0 aromatic heterocycles. The van der Waals surface area contributed by atoms with Crippen molar-refractivity contribution in [3.8, 4) is 0 Å². The Bertz CT molecular complexity index is 436. The maximum absolute atomic E-state index is 12.4. The molecule has 1 fully saturated rings. The number of carbonyl (C=O) groups is 1. The number of hydrogen-bond acceptors (Lipinski definition) is 2. The van der Waals surface area contributed by atoms with Gasteiger partial charge in [0.25, 0.3) is 5.91 Å². The standard InChI is InChI=1S/C15H22N2O/c1-11-8-9-13(14(16)10-11)15(18)17(2)12-6-4-3-5-7-12/h8-10,12H,3-7,16H2,1-2H3. The molecule has 0 heterocycles. The molecule has 3 nitrogen and oxygen atoms in total. The van der Waals surface area contributed by atoms with Gasteiger partial charge in [-0.05, 0) is 37.5 Å². The summed E-state index contributed by atoms with van der Waals surface area (Å²) in [6, 6.07) is 6.03. The minimum atomic E-state index is 0.0550. The van der Waals surface area contributed by atoms with Gasteiger partial charge in [0.1, 0.15) is 0 Å². The van der Waals surface area contributed by atoms with E-state index in [2.05, 4.69) is 0 Å². The summed E-state index contributed by atoms with van der Waals surface area (Å²) in [5.41, 5.74) is 8.25. The first-order valence-electron chi connectivity index (χ1n) is 6.73. The summed E-state index contributed by atoms with van der Waals surface area (Å²) in [5.74, 6) is 0.0550. The topological polar surface area (TPSA) is 46.3 Å². The van der Waals surface area contributed by atoms with Crippen molar-refractivity contribution < 1.29 is 4.79 Å². The van der Waals surface area contributed by atoms with Crippen LogP contribution in [0.5, 0.6) is 0 Å². The van der Waals surface area contributed by atoms with Crippen LogP contribution < -0.4 is 5.73 Å². The van der Waals surface area contributed by atoms with Gasteiger partial charge in [-0.3, -0.25) is 4.79 Å². The predicted molar refractivity (Wildman–Crippen MR) is 74.6 cm³/mol. The lowest BCUT2D eigenvalue weighted by atomic mass is 9.94. The fraction of sp³-hybridized carbons (Fsp3) is 0.533. The van der Waals surface area contributed by atoms with Crippen LogP contribution in [0.4, 0.5) is 5.69 Å². The number of aryl methyl sites for hydroxylation is 1. The Morgan fingerprint density at radius 1 is 1.28 bits per heavy atom. The summed E-state index contributed by atoms with van der Waals surface area (Å²) >= 11 is 0. The second-order valence-corrected chi connectivity index (χ2v) is 5.30.